The van der Waals surface area contributed by atoms with Gasteiger partial charge in [0.25, 0.3) is 0 Å². The molecule has 3 nitrogen and oxygen atoms in total. The Balaban J connectivity index is 1.12. The third kappa shape index (κ3) is 5.42. The van der Waals surface area contributed by atoms with Crippen molar-refractivity contribution in [2.24, 2.45) is 0 Å². The first-order valence-electron chi connectivity index (χ1n) is 21.1. The van der Waals surface area contributed by atoms with Gasteiger partial charge in [-0.3, -0.25) is 0 Å². The fourth-order valence-electron chi connectivity index (χ4n) is 10.3. The fourth-order valence-corrected chi connectivity index (χ4v) is 10.3. The summed E-state index contributed by atoms with van der Waals surface area (Å²) in [6.45, 7) is 0. The van der Waals surface area contributed by atoms with Crippen LogP contribution in [0.3, 0.4) is 0 Å². The molecule has 1 aromatic heterocycles. The van der Waals surface area contributed by atoms with E-state index in [2.05, 4.69) is 198 Å². The highest BCUT2D eigenvalue weighted by atomic mass is 16.3. The van der Waals surface area contributed by atoms with Gasteiger partial charge in [-0.1, -0.05) is 147 Å². The molecule has 0 N–H and O–H groups in total. The van der Waals surface area contributed by atoms with Crippen LogP contribution in [0.5, 0.6) is 0 Å². The summed E-state index contributed by atoms with van der Waals surface area (Å²) < 4.78 is 7.30. The zero-order valence-corrected chi connectivity index (χ0v) is 32.8. The van der Waals surface area contributed by atoms with Crippen LogP contribution < -0.4 is 9.80 Å². The average Bonchev–Trinajstić information content (AvgIpc) is 3.71. The highest BCUT2D eigenvalue weighted by Gasteiger charge is 2.27. The van der Waals surface area contributed by atoms with E-state index in [1.165, 1.54) is 86.1 Å². The van der Waals surface area contributed by atoms with Gasteiger partial charge in [-0.15, -0.1) is 0 Å². The van der Waals surface area contributed by atoms with E-state index in [0.29, 0.717) is 5.92 Å². The quantitative estimate of drug-likeness (QED) is 0.151. The molecule has 1 aliphatic carbocycles. The fraction of sp³-hybridized carbons (Fsp3) is 0.107. The summed E-state index contributed by atoms with van der Waals surface area (Å²) >= 11 is 0. The maximum absolute atomic E-state index is 7.30. The summed E-state index contributed by atoms with van der Waals surface area (Å²) in [5.41, 5.74) is 10.0. The van der Waals surface area contributed by atoms with Gasteiger partial charge in [0.2, 0.25) is 0 Å². The molecule has 0 aliphatic heterocycles. The largest absolute Gasteiger partial charge is 0.454 e. The van der Waals surface area contributed by atoms with Crippen LogP contribution in [0, 0.1) is 0 Å². The molecule has 0 saturated heterocycles. The van der Waals surface area contributed by atoms with Crippen LogP contribution in [0.4, 0.5) is 34.1 Å². The van der Waals surface area contributed by atoms with E-state index in [4.69, 9.17) is 4.42 Å². The van der Waals surface area contributed by atoms with Crippen LogP contribution in [0.1, 0.15) is 43.6 Å². The highest BCUT2D eigenvalue weighted by molar-refractivity contribution is 6.29. The summed E-state index contributed by atoms with van der Waals surface area (Å²) in [7, 11) is 0. The van der Waals surface area contributed by atoms with Crippen LogP contribution in [-0.2, 0) is 0 Å². The van der Waals surface area contributed by atoms with Crippen molar-refractivity contribution >= 4 is 99.2 Å². The van der Waals surface area contributed by atoms with Gasteiger partial charge in [-0.05, 0) is 117 Å². The number of anilines is 6. The average molecular weight is 759 g/mol. The van der Waals surface area contributed by atoms with Crippen LogP contribution in [0.2, 0.25) is 0 Å². The predicted octanol–water partition coefficient (Wildman–Crippen LogP) is 16.6. The lowest BCUT2D eigenvalue weighted by molar-refractivity contribution is 0.442. The Hall–Kier alpha value is -7.10. The zero-order valence-electron chi connectivity index (χ0n) is 32.8. The number of rotatable bonds is 7. The second kappa shape index (κ2) is 13.8. The smallest absolute Gasteiger partial charge is 0.159 e. The standard InChI is InChI=1S/C56H42N2O/c1-5-16-37(17-6-1)48-36-40-18-13-14-25-44(40)54-47-26-15-27-51(55(47)59-56(48)54)58(43-23-11-4-12-24-43)50-35-31-39-28-32-45-49(34-30-38-29-33-46(50)53(39)52(38)45)57(41-19-7-2-8-20-41)42-21-9-3-10-22-42/h2-4,7-15,18-37H,1,5-6,16-17H2. The molecule has 0 bridgehead atoms. The van der Waals surface area contributed by atoms with Crippen molar-refractivity contribution in [2.45, 2.75) is 38.0 Å². The minimum Gasteiger partial charge on any atom is -0.454 e. The van der Waals surface area contributed by atoms with E-state index in [1.54, 1.807) is 0 Å². The Labute approximate surface area is 343 Å². The first-order chi connectivity index (χ1) is 29.3. The molecule has 10 aromatic carbocycles. The minimum absolute atomic E-state index is 0.507. The van der Waals surface area contributed by atoms with Gasteiger partial charge in [0.15, 0.2) is 5.58 Å². The Morgan fingerprint density at radius 2 is 0.881 bits per heavy atom. The number of hydrogen-bond acceptors (Lipinski definition) is 3. The molecule has 0 atom stereocenters. The molecule has 0 radical (unpaired) electrons. The molecule has 0 spiro atoms. The summed E-state index contributed by atoms with van der Waals surface area (Å²) in [5, 5.41) is 12.4. The van der Waals surface area contributed by atoms with Gasteiger partial charge in [0, 0.05) is 38.6 Å². The number of benzene rings is 10. The number of furan rings is 1. The van der Waals surface area contributed by atoms with E-state index in [1.807, 2.05) is 0 Å². The lowest BCUT2D eigenvalue weighted by Crippen LogP contribution is -2.11. The molecule has 0 unspecified atom stereocenters. The van der Waals surface area contributed by atoms with Crippen molar-refractivity contribution in [3.8, 4) is 0 Å². The lowest BCUT2D eigenvalue weighted by Gasteiger charge is -2.29. The minimum atomic E-state index is 0.507. The zero-order chi connectivity index (χ0) is 38.9. The van der Waals surface area contributed by atoms with Gasteiger partial charge >= 0.3 is 0 Å². The van der Waals surface area contributed by atoms with Crippen molar-refractivity contribution in [1.82, 2.24) is 0 Å². The van der Waals surface area contributed by atoms with Crippen molar-refractivity contribution in [1.29, 1.82) is 0 Å². The van der Waals surface area contributed by atoms with Gasteiger partial charge in [0.05, 0.1) is 17.1 Å². The van der Waals surface area contributed by atoms with E-state index < -0.39 is 0 Å². The maximum atomic E-state index is 7.30. The maximum Gasteiger partial charge on any atom is 0.159 e. The number of nitrogens with zero attached hydrogens (tertiary/aromatic N) is 2. The molecule has 1 aliphatic rings. The lowest BCUT2D eigenvalue weighted by atomic mass is 9.82. The number of para-hydroxylation sites is 4. The Morgan fingerprint density at radius 3 is 1.51 bits per heavy atom. The van der Waals surface area contributed by atoms with Gasteiger partial charge in [0.1, 0.15) is 5.58 Å². The third-order valence-corrected chi connectivity index (χ3v) is 12.9. The van der Waals surface area contributed by atoms with E-state index in [9.17, 15) is 0 Å². The van der Waals surface area contributed by atoms with E-state index in [0.717, 1.165) is 50.7 Å². The SMILES string of the molecule is c1ccc(N(c2ccccc2)c2ccc3ccc4c(N(c5ccccc5)c5cccc6c5oc5c(C7CCCCC7)cc7ccccc7c56)ccc5ccc2c3c54)cc1. The summed E-state index contributed by atoms with van der Waals surface area (Å²) in [6.07, 6.45) is 6.30. The molecular weight excluding hydrogens is 717 g/mol. The first-order valence-corrected chi connectivity index (χ1v) is 21.1. The summed E-state index contributed by atoms with van der Waals surface area (Å²) in [5.74, 6) is 0.507. The topological polar surface area (TPSA) is 19.6 Å². The highest BCUT2D eigenvalue weighted by Crippen LogP contribution is 2.50. The molecule has 59 heavy (non-hydrogen) atoms. The van der Waals surface area contributed by atoms with E-state index in [-0.39, 0.29) is 0 Å². The van der Waals surface area contributed by atoms with Gasteiger partial charge < -0.3 is 14.2 Å². The number of fused-ring (bicyclic) bond motifs is 5. The summed E-state index contributed by atoms with van der Waals surface area (Å²) in [6, 6.07) is 68.7. The molecule has 1 saturated carbocycles. The Morgan fingerprint density at radius 1 is 0.356 bits per heavy atom. The van der Waals surface area contributed by atoms with Crippen LogP contribution in [0.15, 0.2) is 192 Å². The second-order valence-corrected chi connectivity index (χ2v) is 16.3. The molecule has 12 rings (SSSR count). The van der Waals surface area contributed by atoms with Crippen molar-refractivity contribution in [2.75, 3.05) is 9.80 Å². The monoisotopic (exact) mass is 758 g/mol. The molecule has 282 valence electrons. The first kappa shape index (κ1) is 34.0. The molecule has 0 amide bonds. The Kier molecular flexibility index (Phi) is 7.94. The van der Waals surface area contributed by atoms with Crippen LogP contribution in [0.25, 0.3) is 65.0 Å². The molecular formula is C56H42N2O. The van der Waals surface area contributed by atoms with Crippen molar-refractivity contribution in [3.05, 3.63) is 194 Å². The van der Waals surface area contributed by atoms with E-state index >= 15 is 0 Å². The van der Waals surface area contributed by atoms with Crippen LogP contribution in [-0.4, -0.2) is 0 Å². The predicted molar refractivity (Wildman–Crippen MR) is 250 cm³/mol. The molecule has 1 fully saturated rings. The second-order valence-electron chi connectivity index (χ2n) is 16.3. The summed E-state index contributed by atoms with van der Waals surface area (Å²) in [4.78, 5) is 4.82. The van der Waals surface area contributed by atoms with Crippen molar-refractivity contribution in [3.63, 3.8) is 0 Å². The number of hydrogen-bond donors (Lipinski definition) is 0. The van der Waals surface area contributed by atoms with Gasteiger partial charge in [-0.2, -0.15) is 0 Å². The van der Waals surface area contributed by atoms with Crippen molar-refractivity contribution < 1.29 is 4.42 Å². The Bertz CT molecular complexity index is 3270. The van der Waals surface area contributed by atoms with Gasteiger partial charge in [-0.25, -0.2) is 0 Å². The van der Waals surface area contributed by atoms with Crippen LogP contribution >= 0.6 is 0 Å². The molecule has 3 heteroatoms. The third-order valence-electron chi connectivity index (χ3n) is 12.9. The molecule has 11 aromatic rings. The molecule has 1 heterocycles. The normalized spacial score (nSPS) is 13.7.